The molecule has 0 aliphatic rings. The van der Waals surface area contributed by atoms with Crippen molar-refractivity contribution >= 4 is 21.9 Å². The third kappa shape index (κ3) is 3.21. The first kappa shape index (κ1) is 14.0. The molecule has 0 saturated carbocycles. The number of hydrogen-bond donors (Lipinski definition) is 1. The fourth-order valence-electron chi connectivity index (χ4n) is 1.40. The Morgan fingerprint density at radius 2 is 2.06 bits per heavy atom. The van der Waals surface area contributed by atoms with Crippen molar-refractivity contribution < 1.29 is 9.53 Å². The molecule has 0 fully saturated rings. The van der Waals surface area contributed by atoms with Gasteiger partial charge in [-0.1, -0.05) is 20.8 Å². The lowest BCUT2D eigenvalue weighted by atomic mass is 9.93. The molecule has 0 aromatic carbocycles. The maximum atomic E-state index is 11.9. The molecule has 1 heterocycles. The van der Waals surface area contributed by atoms with E-state index in [1.54, 1.807) is 6.92 Å². The molecule has 0 radical (unpaired) electrons. The van der Waals surface area contributed by atoms with Crippen LogP contribution in [0.25, 0.3) is 0 Å². The zero-order chi connectivity index (χ0) is 13.2. The van der Waals surface area contributed by atoms with Gasteiger partial charge in [0.2, 0.25) is 0 Å². The minimum atomic E-state index is -0.427. The van der Waals surface area contributed by atoms with Crippen molar-refractivity contribution in [3.63, 3.8) is 0 Å². The number of H-pyrrole nitrogens is 1. The van der Waals surface area contributed by atoms with E-state index in [9.17, 15) is 9.59 Å². The number of halogens is 1. The highest BCUT2D eigenvalue weighted by Crippen LogP contribution is 2.25. The van der Waals surface area contributed by atoms with Gasteiger partial charge in [-0.15, -0.1) is 0 Å². The van der Waals surface area contributed by atoms with Crippen LogP contribution in [0, 0.1) is 0 Å². The average Bonchev–Trinajstić information content (AvgIpc) is 2.46. The first-order chi connectivity index (χ1) is 7.77. The van der Waals surface area contributed by atoms with Crippen LogP contribution in [0.5, 0.6) is 0 Å². The van der Waals surface area contributed by atoms with Gasteiger partial charge in [-0.3, -0.25) is 14.7 Å². The molecule has 0 amide bonds. The Morgan fingerprint density at radius 1 is 1.47 bits per heavy atom. The van der Waals surface area contributed by atoms with Crippen LogP contribution in [0.15, 0.2) is 9.27 Å². The van der Waals surface area contributed by atoms with E-state index in [2.05, 4.69) is 21.0 Å². The molecule has 17 heavy (non-hydrogen) atoms. The Bertz CT molecular complexity index is 468. The summed E-state index contributed by atoms with van der Waals surface area (Å²) >= 11 is 3.25. The number of rotatable bonds is 3. The summed E-state index contributed by atoms with van der Waals surface area (Å²) in [5.74, 6) is -0.427. The second-order valence-corrected chi connectivity index (χ2v) is 5.54. The molecule has 0 bridgehead atoms. The number of esters is 1. The van der Waals surface area contributed by atoms with E-state index in [0.29, 0.717) is 11.1 Å². The van der Waals surface area contributed by atoms with Crippen LogP contribution in [-0.2, 0) is 21.5 Å². The molecule has 1 rings (SSSR count). The van der Waals surface area contributed by atoms with E-state index in [1.165, 1.54) is 4.68 Å². The zero-order valence-corrected chi connectivity index (χ0v) is 12.1. The van der Waals surface area contributed by atoms with E-state index in [4.69, 9.17) is 4.74 Å². The predicted molar refractivity (Wildman–Crippen MR) is 68.1 cm³/mol. The Hall–Kier alpha value is -1.04. The minimum Gasteiger partial charge on any atom is -0.465 e. The van der Waals surface area contributed by atoms with Crippen LogP contribution < -0.4 is 5.56 Å². The number of nitrogens with one attached hydrogen (secondary N) is 1. The summed E-state index contributed by atoms with van der Waals surface area (Å²) in [5, 5.41) is 2.94. The van der Waals surface area contributed by atoms with Gasteiger partial charge in [0.25, 0.3) is 5.56 Å². The van der Waals surface area contributed by atoms with Gasteiger partial charge < -0.3 is 4.74 Å². The third-order valence-corrected chi connectivity index (χ3v) is 2.98. The molecule has 0 unspecified atom stereocenters. The Balaban J connectivity index is 3.04. The summed E-state index contributed by atoms with van der Waals surface area (Å²) in [4.78, 5) is 23.2. The van der Waals surface area contributed by atoms with Gasteiger partial charge in [0.1, 0.15) is 11.0 Å². The number of ether oxygens (including phenoxy) is 1. The molecule has 5 nitrogen and oxygen atoms in total. The molecule has 1 aromatic rings. The summed E-state index contributed by atoms with van der Waals surface area (Å²) in [6, 6.07) is 0. The van der Waals surface area contributed by atoms with E-state index in [-0.39, 0.29) is 17.5 Å². The fraction of sp³-hybridized carbons (Fsp3) is 0.636. The SMILES string of the molecule is CCOC(=O)Cn1[nH]c(C(C)(C)C)c(Br)c1=O. The van der Waals surface area contributed by atoms with Crippen LogP contribution in [0.4, 0.5) is 0 Å². The monoisotopic (exact) mass is 304 g/mol. The second kappa shape index (κ2) is 5.08. The molecule has 0 saturated heterocycles. The lowest BCUT2D eigenvalue weighted by Gasteiger charge is -2.16. The molecule has 0 atom stereocenters. The summed E-state index contributed by atoms with van der Waals surface area (Å²) in [6.07, 6.45) is 0. The molecule has 0 aliphatic carbocycles. The topological polar surface area (TPSA) is 64.1 Å². The van der Waals surface area contributed by atoms with Crippen molar-refractivity contribution in [2.45, 2.75) is 39.7 Å². The first-order valence-corrected chi connectivity index (χ1v) is 6.21. The number of carbonyl (C=O) groups excluding carboxylic acids is 1. The molecule has 1 aromatic heterocycles. The third-order valence-electron chi connectivity index (χ3n) is 2.24. The van der Waals surface area contributed by atoms with Crippen LogP contribution in [0.1, 0.15) is 33.4 Å². The second-order valence-electron chi connectivity index (χ2n) is 4.75. The smallest absolute Gasteiger partial charge is 0.327 e. The molecule has 1 N–H and O–H groups in total. The molecular formula is C11H17BrN2O3. The lowest BCUT2D eigenvalue weighted by Crippen LogP contribution is -2.23. The van der Waals surface area contributed by atoms with Crippen LogP contribution in [-0.4, -0.2) is 22.4 Å². The zero-order valence-electron chi connectivity index (χ0n) is 10.5. The van der Waals surface area contributed by atoms with Crippen molar-refractivity contribution in [1.82, 2.24) is 9.78 Å². The highest BCUT2D eigenvalue weighted by atomic mass is 79.9. The van der Waals surface area contributed by atoms with Crippen LogP contribution in [0.3, 0.4) is 0 Å². The Kier molecular flexibility index (Phi) is 4.19. The normalized spacial score (nSPS) is 11.6. The van der Waals surface area contributed by atoms with Crippen molar-refractivity contribution in [1.29, 1.82) is 0 Å². The summed E-state index contributed by atoms with van der Waals surface area (Å²) < 4.78 is 6.52. The maximum absolute atomic E-state index is 11.9. The van der Waals surface area contributed by atoms with Crippen molar-refractivity contribution in [3.05, 3.63) is 20.5 Å². The molecule has 0 aliphatic heterocycles. The van der Waals surface area contributed by atoms with E-state index in [0.717, 1.165) is 5.69 Å². The highest BCUT2D eigenvalue weighted by molar-refractivity contribution is 9.10. The molecule has 96 valence electrons. The van der Waals surface area contributed by atoms with E-state index < -0.39 is 5.97 Å². The quantitative estimate of drug-likeness (QED) is 0.866. The highest BCUT2D eigenvalue weighted by Gasteiger charge is 2.23. The van der Waals surface area contributed by atoms with Crippen LogP contribution in [0.2, 0.25) is 0 Å². The lowest BCUT2D eigenvalue weighted by molar-refractivity contribution is -0.144. The predicted octanol–water partition coefficient (Wildman–Crippen LogP) is 1.80. The van der Waals surface area contributed by atoms with Gasteiger partial charge in [-0.05, 0) is 22.9 Å². The summed E-state index contributed by atoms with van der Waals surface area (Å²) in [6.45, 7) is 7.89. The number of hydrogen-bond acceptors (Lipinski definition) is 3. The van der Waals surface area contributed by atoms with Gasteiger partial charge in [-0.2, -0.15) is 0 Å². The fourth-order valence-corrected chi connectivity index (χ4v) is 2.30. The number of aromatic amines is 1. The van der Waals surface area contributed by atoms with Gasteiger partial charge in [-0.25, -0.2) is 4.68 Å². The van der Waals surface area contributed by atoms with Gasteiger partial charge >= 0.3 is 5.97 Å². The van der Waals surface area contributed by atoms with Crippen LogP contribution >= 0.6 is 15.9 Å². The van der Waals surface area contributed by atoms with E-state index in [1.807, 2.05) is 20.8 Å². The van der Waals surface area contributed by atoms with Crippen molar-refractivity contribution in [3.8, 4) is 0 Å². The molecule has 0 spiro atoms. The number of nitrogens with zero attached hydrogens (tertiary/aromatic N) is 1. The van der Waals surface area contributed by atoms with Gasteiger partial charge in [0.15, 0.2) is 0 Å². The Morgan fingerprint density at radius 3 is 2.47 bits per heavy atom. The minimum absolute atomic E-state index is 0.0959. The van der Waals surface area contributed by atoms with Crippen molar-refractivity contribution in [2.24, 2.45) is 0 Å². The van der Waals surface area contributed by atoms with Crippen molar-refractivity contribution in [2.75, 3.05) is 6.61 Å². The first-order valence-electron chi connectivity index (χ1n) is 5.41. The number of carbonyl (C=O) groups is 1. The largest absolute Gasteiger partial charge is 0.465 e. The molecular weight excluding hydrogens is 288 g/mol. The average molecular weight is 305 g/mol. The standard InChI is InChI=1S/C11H17BrN2O3/c1-5-17-7(15)6-14-10(16)8(12)9(13-14)11(2,3)4/h13H,5-6H2,1-4H3. The van der Waals surface area contributed by atoms with Gasteiger partial charge in [0.05, 0.1) is 12.3 Å². The molecule has 6 heteroatoms. The van der Waals surface area contributed by atoms with Gasteiger partial charge in [0, 0.05) is 5.41 Å². The summed E-state index contributed by atoms with van der Waals surface area (Å²) in [7, 11) is 0. The summed E-state index contributed by atoms with van der Waals surface area (Å²) in [5.41, 5.74) is 0.326. The number of aromatic nitrogens is 2. The maximum Gasteiger partial charge on any atom is 0.327 e. The van der Waals surface area contributed by atoms with E-state index >= 15 is 0 Å². The Labute approximate surface area is 108 Å².